The molecule has 0 N–H and O–H groups in total. The average Bonchev–Trinajstić information content (AvgIpc) is 3.00. The number of hydrogen-bond donors (Lipinski definition) is 0. The van der Waals surface area contributed by atoms with Crippen molar-refractivity contribution in [1.82, 2.24) is 4.90 Å². The van der Waals surface area contributed by atoms with Crippen molar-refractivity contribution >= 4 is 18.5 Å². The van der Waals surface area contributed by atoms with E-state index in [1.165, 1.54) is 16.3 Å². The predicted molar refractivity (Wildman–Crippen MR) is 107 cm³/mol. The fourth-order valence-corrected chi connectivity index (χ4v) is 6.11. The van der Waals surface area contributed by atoms with Crippen molar-refractivity contribution in [3.05, 3.63) is 83.8 Å². The number of likely N-dealkylation sites (N-methyl/N-ethyl adjacent to an activating group) is 1. The van der Waals surface area contributed by atoms with Crippen LogP contribution in [0.3, 0.4) is 0 Å². The summed E-state index contributed by atoms with van der Waals surface area (Å²) in [4.78, 5) is 2.50. The number of nitrogens with zero attached hydrogens (tertiary/aromatic N) is 1. The highest BCUT2D eigenvalue weighted by atomic mass is 31.1. The molecule has 0 radical (unpaired) electrons. The van der Waals surface area contributed by atoms with Gasteiger partial charge in [0.2, 0.25) is 0 Å². The van der Waals surface area contributed by atoms with Gasteiger partial charge in [-0.3, -0.25) is 0 Å². The van der Waals surface area contributed by atoms with Gasteiger partial charge in [-0.15, -0.1) is 0 Å². The van der Waals surface area contributed by atoms with E-state index in [0.29, 0.717) is 5.92 Å². The van der Waals surface area contributed by atoms with Gasteiger partial charge in [-0.05, 0) is 43.8 Å². The van der Waals surface area contributed by atoms with E-state index in [4.69, 9.17) is 0 Å². The van der Waals surface area contributed by atoms with E-state index in [1.54, 1.807) is 5.31 Å². The Hall–Kier alpha value is -1.85. The first-order chi connectivity index (χ1) is 11.8. The molecular weight excluding hydrogens is 309 g/mol. The topological polar surface area (TPSA) is 3.24 Å². The standard InChI is InChI=1S/C22H26NP/c1-4-23(5-2)21-17-16-18(3)22(21)24(19-12-8-6-9-13-19)20-14-10-7-11-15-20/h6-18H,4-5H2,1-3H3. The average molecular weight is 335 g/mol. The van der Waals surface area contributed by atoms with Crippen molar-refractivity contribution in [2.75, 3.05) is 13.1 Å². The van der Waals surface area contributed by atoms with Crippen molar-refractivity contribution in [2.24, 2.45) is 5.92 Å². The fraction of sp³-hybridized carbons (Fsp3) is 0.273. The molecular formula is C22H26NP. The molecule has 124 valence electrons. The molecule has 2 aromatic rings. The zero-order valence-electron chi connectivity index (χ0n) is 14.8. The monoisotopic (exact) mass is 335 g/mol. The van der Waals surface area contributed by atoms with Crippen LogP contribution in [0.4, 0.5) is 0 Å². The van der Waals surface area contributed by atoms with Crippen LogP contribution in [-0.4, -0.2) is 18.0 Å². The van der Waals surface area contributed by atoms with E-state index in [1.807, 2.05) is 0 Å². The highest BCUT2D eigenvalue weighted by molar-refractivity contribution is 7.76. The second-order valence-electron chi connectivity index (χ2n) is 6.10. The molecule has 0 saturated carbocycles. The third-order valence-corrected chi connectivity index (χ3v) is 7.36. The van der Waals surface area contributed by atoms with Gasteiger partial charge in [0.25, 0.3) is 0 Å². The molecule has 0 fully saturated rings. The number of hydrogen-bond acceptors (Lipinski definition) is 1. The highest BCUT2D eigenvalue weighted by Gasteiger charge is 2.29. The molecule has 0 heterocycles. The lowest BCUT2D eigenvalue weighted by Gasteiger charge is -2.29. The minimum atomic E-state index is -0.499. The van der Waals surface area contributed by atoms with Crippen molar-refractivity contribution in [3.63, 3.8) is 0 Å². The summed E-state index contributed by atoms with van der Waals surface area (Å²) in [5.41, 5.74) is 1.44. The number of benzene rings is 2. The van der Waals surface area contributed by atoms with Gasteiger partial charge in [0.1, 0.15) is 0 Å². The molecule has 3 rings (SSSR count). The molecule has 0 aromatic heterocycles. The summed E-state index contributed by atoms with van der Waals surface area (Å²) >= 11 is 0. The first-order valence-electron chi connectivity index (χ1n) is 8.83. The molecule has 0 amide bonds. The fourth-order valence-electron chi connectivity index (χ4n) is 3.38. The molecule has 2 heteroatoms. The lowest BCUT2D eigenvalue weighted by Crippen LogP contribution is -2.24. The SMILES string of the molecule is CCN(CC)C1=C(P(c2ccccc2)c2ccccc2)C(C)C=C1. The largest absolute Gasteiger partial charge is 0.372 e. The lowest BCUT2D eigenvalue weighted by molar-refractivity contribution is 0.393. The Morgan fingerprint density at radius 3 is 1.79 bits per heavy atom. The summed E-state index contributed by atoms with van der Waals surface area (Å²) in [6.45, 7) is 8.94. The summed E-state index contributed by atoms with van der Waals surface area (Å²) in [7, 11) is -0.499. The van der Waals surface area contributed by atoms with Crippen LogP contribution in [0.2, 0.25) is 0 Å². The van der Waals surface area contributed by atoms with Gasteiger partial charge in [-0.25, -0.2) is 0 Å². The van der Waals surface area contributed by atoms with E-state index in [2.05, 4.69) is 98.5 Å². The van der Waals surface area contributed by atoms with Crippen LogP contribution in [-0.2, 0) is 0 Å². The van der Waals surface area contributed by atoms with Crippen LogP contribution < -0.4 is 10.6 Å². The van der Waals surface area contributed by atoms with E-state index in [0.717, 1.165) is 13.1 Å². The molecule has 0 spiro atoms. The molecule has 1 nitrogen and oxygen atoms in total. The maximum atomic E-state index is 2.50. The molecule has 0 bridgehead atoms. The molecule has 0 aliphatic heterocycles. The summed E-state index contributed by atoms with van der Waals surface area (Å²) in [6.07, 6.45) is 4.71. The van der Waals surface area contributed by atoms with E-state index < -0.39 is 7.92 Å². The smallest absolute Gasteiger partial charge is 0.0412 e. The zero-order valence-corrected chi connectivity index (χ0v) is 15.7. The quantitative estimate of drug-likeness (QED) is 0.680. The Kier molecular flexibility index (Phi) is 5.53. The second kappa shape index (κ2) is 7.81. The van der Waals surface area contributed by atoms with Crippen LogP contribution in [0.5, 0.6) is 0 Å². The molecule has 1 aliphatic carbocycles. The first-order valence-corrected chi connectivity index (χ1v) is 10.2. The first kappa shape index (κ1) is 17.0. The van der Waals surface area contributed by atoms with Gasteiger partial charge in [0.05, 0.1) is 0 Å². The van der Waals surface area contributed by atoms with Crippen LogP contribution >= 0.6 is 7.92 Å². The third-order valence-electron chi connectivity index (χ3n) is 4.61. The summed E-state index contributed by atoms with van der Waals surface area (Å²) in [6, 6.07) is 22.0. The maximum absolute atomic E-state index is 2.50. The minimum absolute atomic E-state index is 0.493. The molecule has 1 aliphatic rings. The summed E-state index contributed by atoms with van der Waals surface area (Å²) in [5, 5.41) is 4.47. The van der Waals surface area contributed by atoms with Crippen molar-refractivity contribution in [1.29, 1.82) is 0 Å². The van der Waals surface area contributed by atoms with Crippen molar-refractivity contribution in [2.45, 2.75) is 20.8 Å². The maximum Gasteiger partial charge on any atom is 0.0412 e. The van der Waals surface area contributed by atoms with E-state index >= 15 is 0 Å². The number of rotatable bonds is 6. The van der Waals surface area contributed by atoms with Gasteiger partial charge in [0.15, 0.2) is 0 Å². The molecule has 2 aromatic carbocycles. The molecule has 1 atom stereocenters. The van der Waals surface area contributed by atoms with Gasteiger partial charge in [0, 0.05) is 24.7 Å². The zero-order chi connectivity index (χ0) is 16.9. The van der Waals surface area contributed by atoms with Gasteiger partial charge < -0.3 is 4.90 Å². The van der Waals surface area contributed by atoms with E-state index in [-0.39, 0.29) is 0 Å². The minimum Gasteiger partial charge on any atom is -0.372 e. The Labute approximate surface area is 147 Å². The highest BCUT2D eigenvalue weighted by Crippen LogP contribution is 2.51. The van der Waals surface area contributed by atoms with Crippen LogP contribution in [0.25, 0.3) is 0 Å². The summed E-state index contributed by atoms with van der Waals surface area (Å²) in [5.74, 6) is 0.493. The summed E-state index contributed by atoms with van der Waals surface area (Å²) < 4.78 is 0. The van der Waals surface area contributed by atoms with Crippen LogP contribution in [0.15, 0.2) is 83.8 Å². The van der Waals surface area contributed by atoms with Gasteiger partial charge in [-0.2, -0.15) is 0 Å². The normalized spacial score (nSPS) is 16.9. The Morgan fingerprint density at radius 2 is 1.33 bits per heavy atom. The van der Waals surface area contributed by atoms with Crippen LogP contribution in [0.1, 0.15) is 20.8 Å². The Balaban J connectivity index is 2.16. The Morgan fingerprint density at radius 1 is 0.833 bits per heavy atom. The molecule has 24 heavy (non-hydrogen) atoms. The molecule has 0 saturated heterocycles. The van der Waals surface area contributed by atoms with Crippen LogP contribution in [0, 0.1) is 5.92 Å². The lowest BCUT2D eigenvalue weighted by atomic mass is 10.2. The third kappa shape index (κ3) is 3.32. The van der Waals surface area contributed by atoms with Gasteiger partial charge >= 0.3 is 0 Å². The predicted octanol–water partition coefficient (Wildman–Crippen LogP) is 4.88. The Bertz CT molecular complexity index is 675. The second-order valence-corrected chi connectivity index (χ2v) is 8.28. The van der Waals surface area contributed by atoms with Crippen molar-refractivity contribution < 1.29 is 0 Å². The van der Waals surface area contributed by atoms with Crippen molar-refractivity contribution in [3.8, 4) is 0 Å². The molecule has 1 unspecified atom stereocenters. The van der Waals surface area contributed by atoms with E-state index in [9.17, 15) is 0 Å². The van der Waals surface area contributed by atoms with Gasteiger partial charge in [-0.1, -0.05) is 73.7 Å². The number of allylic oxidation sites excluding steroid dienone is 3.